The lowest BCUT2D eigenvalue weighted by atomic mass is 9.85. The van der Waals surface area contributed by atoms with Gasteiger partial charge in [-0.05, 0) is 25.0 Å². The lowest BCUT2D eigenvalue weighted by molar-refractivity contribution is 0.178. The molecule has 0 amide bonds. The van der Waals surface area contributed by atoms with Crippen LogP contribution in [-0.4, -0.2) is 24.9 Å². The molecular weight excluding hydrogens is 228 g/mol. The molecule has 0 aliphatic heterocycles. The average Bonchev–Trinajstić information content (AvgIpc) is 2.41. The van der Waals surface area contributed by atoms with Crippen LogP contribution in [0.1, 0.15) is 25.7 Å². The minimum Gasteiger partial charge on any atom is -0.495 e. The summed E-state index contributed by atoms with van der Waals surface area (Å²) >= 11 is 0. The van der Waals surface area contributed by atoms with Crippen molar-refractivity contribution >= 4 is 11.4 Å². The molecule has 4 N–H and O–H groups in total. The minimum atomic E-state index is 0.254. The summed E-state index contributed by atoms with van der Waals surface area (Å²) in [5, 5.41) is 12.9. The zero-order valence-corrected chi connectivity index (χ0v) is 10.9. The first-order valence-corrected chi connectivity index (χ1v) is 6.55. The Kier molecular flexibility index (Phi) is 4.31. The van der Waals surface area contributed by atoms with Gasteiger partial charge in [0.25, 0.3) is 0 Å². The molecule has 2 atom stereocenters. The molecule has 2 rings (SSSR count). The van der Waals surface area contributed by atoms with E-state index >= 15 is 0 Å². The molecule has 1 aromatic carbocycles. The first-order chi connectivity index (χ1) is 8.74. The molecule has 0 bridgehead atoms. The number of hydrogen-bond acceptors (Lipinski definition) is 4. The SMILES string of the molecule is COc1cc(NC2CCCCC2CO)ccc1N. The van der Waals surface area contributed by atoms with Gasteiger partial charge in [0.1, 0.15) is 5.75 Å². The van der Waals surface area contributed by atoms with Crippen molar-refractivity contribution in [1.82, 2.24) is 0 Å². The summed E-state index contributed by atoms with van der Waals surface area (Å²) in [5.74, 6) is 1.04. The summed E-state index contributed by atoms with van der Waals surface area (Å²) in [6.45, 7) is 0.254. The lowest BCUT2D eigenvalue weighted by Crippen LogP contribution is -2.34. The van der Waals surface area contributed by atoms with Gasteiger partial charge in [0.15, 0.2) is 0 Å². The average molecular weight is 250 g/mol. The summed E-state index contributed by atoms with van der Waals surface area (Å²) in [6, 6.07) is 6.06. The van der Waals surface area contributed by atoms with Crippen molar-refractivity contribution in [2.45, 2.75) is 31.7 Å². The van der Waals surface area contributed by atoms with Crippen molar-refractivity contribution < 1.29 is 9.84 Å². The Morgan fingerprint density at radius 1 is 1.39 bits per heavy atom. The Balaban J connectivity index is 2.07. The largest absolute Gasteiger partial charge is 0.495 e. The molecule has 1 aliphatic rings. The van der Waals surface area contributed by atoms with Crippen molar-refractivity contribution in [2.24, 2.45) is 5.92 Å². The molecular formula is C14H22N2O2. The highest BCUT2D eigenvalue weighted by molar-refractivity contribution is 5.61. The smallest absolute Gasteiger partial charge is 0.143 e. The second kappa shape index (κ2) is 5.96. The Labute approximate surface area is 108 Å². The highest BCUT2D eigenvalue weighted by Gasteiger charge is 2.24. The fraction of sp³-hybridized carbons (Fsp3) is 0.571. The van der Waals surface area contributed by atoms with Gasteiger partial charge in [-0.1, -0.05) is 12.8 Å². The van der Waals surface area contributed by atoms with Gasteiger partial charge in [-0.15, -0.1) is 0 Å². The van der Waals surface area contributed by atoms with Gasteiger partial charge in [-0.25, -0.2) is 0 Å². The number of nitrogen functional groups attached to an aromatic ring is 1. The Hall–Kier alpha value is -1.42. The maximum atomic E-state index is 9.40. The summed E-state index contributed by atoms with van der Waals surface area (Å²) in [5.41, 5.74) is 7.44. The lowest BCUT2D eigenvalue weighted by Gasteiger charge is -2.31. The fourth-order valence-corrected chi connectivity index (χ4v) is 2.63. The number of anilines is 2. The van der Waals surface area contributed by atoms with E-state index in [0.717, 1.165) is 18.5 Å². The van der Waals surface area contributed by atoms with Gasteiger partial charge in [0, 0.05) is 30.3 Å². The number of methoxy groups -OCH3 is 1. The van der Waals surface area contributed by atoms with Gasteiger partial charge >= 0.3 is 0 Å². The van der Waals surface area contributed by atoms with Crippen molar-refractivity contribution in [3.05, 3.63) is 18.2 Å². The highest BCUT2D eigenvalue weighted by Crippen LogP contribution is 2.30. The van der Waals surface area contributed by atoms with Crippen LogP contribution in [0.15, 0.2) is 18.2 Å². The van der Waals surface area contributed by atoms with Crippen molar-refractivity contribution in [3.63, 3.8) is 0 Å². The predicted molar refractivity (Wildman–Crippen MR) is 73.9 cm³/mol. The van der Waals surface area contributed by atoms with Crippen molar-refractivity contribution in [2.75, 3.05) is 24.8 Å². The molecule has 1 saturated carbocycles. The van der Waals surface area contributed by atoms with Crippen LogP contribution in [0.5, 0.6) is 5.75 Å². The number of nitrogens with one attached hydrogen (secondary N) is 1. The van der Waals surface area contributed by atoms with Crippen LogP contribution in [0.2, 0.25) is 0 Å². The van der Waals surface area contributed by atoms with Crippen LogP contribution in [0.3, 0.4) is 0 Å². The molecule has 4 nitrogen and oxygen atoms in total. The number of rotatable bonds is 4. The first kappa shape index (κ1) is 13.0. The first-order valence-electron chi connectivity index (χ1n) is 6.55. The minimum absolute atomic E-state index is 0.254. The number of aliphatic hydroxyl groups excluding tert-OH is 1. The standard InChI is InChI=1S/C14H22N2O2/c1-18-14-8-11(6-7-12(14)15)16-13-5-3-2-4-10(13)9-17/h6-8,10,13,16-17H,2-5,9,15H2,1H3. The van der Waals surface area contributed by atoms with Gasteiger partial charge in [0.05, 0.1) is 12.8 Å². The van der Waals surface area contributed by atoms with Gasteiger partial charge in [-0.2, -0.15) is 0 Å². The quantitative estimate of drug-likeness (QED) is 0.717. The summed E-state index contributed by atoms with van der Waals surface area (Å²) in [4.78, 5) is 0. The van der Waals surface area contributed by atoms with Crippen LogP contribution in [0.25, 0.3) is 0 Å². The van der Waals surface area contributed by atoms with Crippen molar-refractivity contribution in [3.8, 4) is 5.75 Å². The Morgan fingerprint density at radius 2 is 2.17 bits per heavy atom. The molecule has 2 unspecified atom stereocenters. The third kappa shape index (κ3) is 2.88. The van der Waals surface area contributed by atoms with E-state index in [4.69, 9.17) is 10.5 Å². The van der Waals surface area contributed by atoms with Crippen LogP contribution < -0.4 is 15.8 Å². The predicted octanol–water partition coefficient (Wildman–Crippen LogP) is 2.24. The number of hydrogen-bond donors (Lipinski definition) is 3. The van der Waals surface area contributed by atoms with Gasteiger partial charge < -0.3 is 20.9 Å². The zero-order valence-electron chi connectivity index (χ0n) is 10.9. The third-order valence-electron chi connectivity index (χ3n) is 3.73. The number of benzene rings is 1. The molecule has 0 saturated heterocycles. The molecule has 0 spiro atoms. The summed E-state index contributed by atoms with van der Waals surface area (Å²) in [6.07, 6.45) is 4.65. The zero-order chi connectivity index (χ0) is 13.0. The van der Waals surface area contributed by atoms with E-state index < -0.39 is 0 Å². The molecule has 0 heterocycles. The van der Waals surface area contributed by atoms with E-state index in [-0.39, 0.29) is 6.61 Å². The second-order valence-corrected chi connectivity index (χ2v) is 4.93. The Morgan fingerprint density at radius 3 is 2.89 bits per heavy atom. The van der Waals surface area contributed by atoms with Crippen molar-refractivity contribution in [1.29, 1.82) is 0 Å². The number of aliphatic hydroxyl groups is 1. The molecule has 100 valence electrons. The van der Waals surface area contributed by atoms with Crippen LogP contribution in [-0.2, 0) is 0 Å². The Bertz CT molecular complexity index is 395. The van der Waals surface area contributed by atoms with E-state index in [0.29, 0.717) is 23.4 Å². The maximum Gasteiger partial charge on any atom is 0.143 e. The van der Waals surface area contributed by atoms with E-state index in [1.165, 1.54) is 12.8 Å². The molecule has 1 aliphatic carbocycles. The van der Waals surface area contributed by atoms with Gasteiger partial charge in [0.2, 0.25) is 0 Å². The maximum absolute atomic E-state index is 9.40. The highest BCUT2D eigenvalue weighted by atomic mass is 16.5. The number of nitrogens with two attached hydrogens (primary N) is 1. The molecule has 1 fully saturated rings. The normalized spacial score (nSPS) is 23.7. The number of ether oxygens (including phenoxy) is 1. The third-order valence-corrected chi connectivity index (χ3v) is 3.73. The van der Waals surface area contributed by atoms with Crippen LogP contribution in [0.4, 0.5) is 11.4 Å². The monoisotopic (exact) mass is 250 g/mol. The van der Waals surface area contributed by atoms with E-state index in [1.807, 2.05) is 18.2 Å². The fourth-order valence-electron chi connectivity index (χ4n) is 2.63. The summed E-state index contributed by atoms with van der Waals surface area (Å²) in [7, 11) is 1.62. The van der Waals surface area contributed by atoms with E-state index in [1.54, 1.807) is 7.11 Å². The molecule has 1 aromatic rings. The molecule has 0 radical (unpaired) electrons. The topological polar surface area (TPSA) is 67.5 Å². The second-order valence-electron chi connectivity index (χ2n) is 4.93. The van der Waals surface area contributed by atoms with E-state index in [9.17, 15) is 5.11 Å². The molecule has 4 heteroatoms. The van der Waals surface area contributed by atoms with Crippen LogP contribution in [0, 0.1) is 5.92 Å². The van der Waals surface area contributed by atoms with Crippen LogP contribution >= 0.6 is 0 Å². The molecule has 18 heavy (non-hydrogen) atoms. The summed E-state index contributed by atoms with van der Waals surface area (Å²) < 4.78 is 5.21. The van der Waals surface area contributed by atoms with Gasteiger partial charge in [-0.3, -0.25) is 0 Å². The van der Waals surface area contributed by atoms with E-state index in [2.05, 4.69) is 5.32 Å². The molecule has 0 aromatic heterocycles.